The Kier molecular flexibility index (Phi) is 5.55. The zero-order valence-corrected chi connectivity index (χ0v) is 14.6. The SMILES string of the molecule is Cc1ccc(Nc2ccc(C(=O)NCC(C)C)cn2)cc1Br. The van der Waals surface area contributed by atoms with Crippen LogP contribution in [0.25, 0.3) is 0 Å². The van der Waals surface area contributed by atoms with Gasteiger partial charge >= 0.3 is 0 Å². The van der Waals surface area contributed by atoms with Crippen LogP contribution < -0.4 is 10.6 Å². The van der Waals surface area contributed by atoms with Crippen LogP contribution in [0.15, 0.2) is 41.0 Å². The Labute approximate surface area is 139 Å². The molecule has 1 aromatic heterocycles. The highest BCUT2D eigenvalue weighted by Crippen LogP contribution is 2.22. The number of rotatable bonds is 5. The van der Waals surface area contributed by atoms with E-state index in [1.54, 1.807) is 18.3 Å². The molecule has 1 amide bonds. The van der Waals surface area contributed by atoms with Crippen molar-refractivity contribution in [3.63, 3.8) is 0 Å². The predicted molar refractivity (Wildman–Crippen MR) is 93.6 cm³/mol. The molecule has 0 saturated heterocycles. The molecule has 0 aliphatic carbocycles. The molecule has 0 spiro atoms. The average Bonchev–Trinajstić information content (AvgIpc) is 2.49. The number of nitrogens with zero attached hydrogens (tertiary/aromatic N) is 1. The van der Waals surface area contributed by atoms with Gasteiger partial charge in [0.25, 0.3) is 5.91 Å². The van der Waals surface area contributed by atoms with E-state index in [1.807, 2.05) is 25.1 Å². The van der Waals surface area contributed by atoms with Gasteiger partial charge in [0.1, 0.15) is 5.82 Å². The predicted octanol–water partition coefficient (Wildman–Crippen LogP) is 4.28. The van der Waals surface area contributed by atoms with Crippen molar-refractivity contribution >= 4 is 33.3 Å². The highest BCUT2D eigenvalue weighted by atomic mass is 79.9. The summed E-state index contributed by atoms with van der Waals surface area (Å²) >= 11 is 3.51. The van der Waals surface area contributed by atoms with Crippen molar-refractivity contribution in [2.24, 2.45) is 5.92 Å². The summed E-state index contributed by atoms with van der Waals surface area (Å²) in [7, 11) is 0. The van der Waals surface area contributed by atoms with Crippen LogP contribution in [-0.2, 0) is 0 Å². The molecule has 4 nitrogen and oxygen atoms in total. The standard InChI is InChI=1S/C17H20BrN3O/c1-11(2)9-20-17(22)13-5-7-16(19-10-13)21-14-6-4-12(3)15(18)8-14/h4-8,10-11H,9H2,1-3H3,(H,19,21)(H,20,22). The zero-order valence-electron chi connectivity index (χ0n) is 13.0. The Morgan fingerprint density at radius 1 is 1.27 bits per heavy atom. The highest BCUT2D eigenvalue weighted by Gasteiger charge is 2.07. The van der Waals surface area contributed by atoms with Crippen LogP contribution in [0.5, 0.6) is 0 Å². The third-order valence-electron chi connectivity index (χ3n) is 3.14. The van der Waals surface area contributed by atoms with Crippen molar-refractivity contribution in [2.75, 3.05) is 11.9 Å². The summed E-state index contributed by atoms with van der Waals surface area (Å²) in [4.78, 5) is 16.2. The molecule has 0 bridgehead atoms. The molecule has 2 aromatic rings. The van der Waals surface area contributed by atoms with Crippen molar-refractivity contribution in [2.45, 2.75) is 20.8 Å². The Balaban J connectivity index is 2.02. The van der Waals surface area contributed by atoms with Gasteiger partial charge in [0.2, 0.25) is 0 Å². The molecule has 0 fully saturated rings. The highest BCUT2D eigenvalue weighted by molar-refractivity contribution is 9.10. The van der Waals surface area contributed by atoms with E-state index in [4.69, 9.17) is 0 Å². The molecule has 0 unspecified atom stereocenters. The number of carbonyl (C=O) groups is 1. The average molecular weight is 362 g/mol. The fourth-order valence-electron chi connectivity index (χ4n) is 1.82. The minimum Gasteiger partial charge on any atom is -0.352 e. The van der Waals surface area contributed by atoms with Crippen LogP contribution in [0, 0.1) is 12.8 Å². The number of aryl methyl sites for hydroxylation is 1. The fraction of sp³-hybridized carbons (Fsp3) is 0.294. The van der Waals surface area contributed by atoms with Gasteiger partial charge < -0.3 is 10.6 Å². The molecule has 0 saturated carbocycles. The summed E-state index contributed by atoms with van der Waals surface area (Å²) in [5.41, 5.74) is 2.69. The number of aromatic nitrogens is 1. The number of halogens is 1. The first-order valence-corrected chi connectivity index (χ1v) is 8.02. The fourth-order valence-corrected chi connectivity index (χ4v) is 2.20. The molecule has 5 heteroatoms. The van der Waals surface area contributed by atoms with Gasteiger partial charge in [-0.1, -0.05) is 35.8 Å². The Bertz CT molecular complexity index is 653. The van der Waals surface area contributed by atoms with Crippen LogP contribution in [-0.4, -0.2) is 17.4 Å². The van der Waals surface area contributed by atoms with Gasteiger partial charge in [0, 0.05) is 22.9 Å². The van der Waals surface area contributed by atoms with E-state index >= 15 is 0 Å². The number of amides is 1. The van der Waals surface area contributed by atoms with E-state index in [1.165, 1.54) is 5.56 Å². The van der Waals surface area contributed by atoms with Crippen LogP contribution >= 0.6 is 15.9 Å². The summed E-state index contributed by atoms with van der Waals surface area (Å²) < 4.78 is 1.04. The van der Waals surface area contributed by atoms with Crippen molar-refractivity contribution in [3.8, 4) is 0 Å². The topological polar surface area (TPSA) is 54.0 Å². The third-order valence-corrected chi connectivity index (χ3v) is 4.00. The summed E-state index contributed by atoms with van der Waals surface area (Å²) in [5, 5.41) is 6.09. The van der Waals surface area contributed by atoms with E-state index in [-0.39, 0.29) is 5.91 Å². The maximum atomic E-state index is 11.9. The zero-order chi connectivity index (χ0) is 16.1. The molecule has 116 valence electrons. The minimum absolute atomic E-state index is 0.0918. The second kappa shape index (κ2) is 7.40. The monoisotopic (exact) mass is 361 g/mol. The van der Waals surface area contributed by atoms with Gasteiger partial charge in [-0.05, 0) is 42.7 Å². The number of anilines is 2. The van der Waals surface area contributed by atoms with Gasteiger partial charge in [0.05, 0.1) is 5.56 Å². The molecule has 0 aliphatic rings. The second-order valence-electron chi connectivity index (χ2n) is 5.62. The molecular formula is C17H20BrN3O. The van der Waals surface area contributed by atoms with Gasteiger partial charge in [-0.25, -0.2) is 4.98 Å². The van der Waals surface area contributed by atoms with Gasteiger partial charge in [-0.3, -0.25) is 4.79 Å². The normalized spacial score (nSPS) is 10.6. The van der Waals surface area contributed by atoms with E-state index in [9.17, 15) is 4.79 Å². The van der Waals surface area contributed by atoms with Crippen LogP contribution in [0.3, 0.4) is 0 Å². The first-order valence-electron chi connectivity index (χ1n) is 7.23. The summed E-state index contributed by atoms with van der Waals surface area (Å²) in [5.74, 6) is 1.04. The molecule has 0 aliphatic heterocycles. The lowest BCUT2D eigenvalue weighted by Gasteiger charge is -2.09. The molecule has 22 heavy (non-hydrogen) atoms. The smallest absolute Gasteiger partial charge is 0.252 e. The second-order valence-corrected chi connectivity index (χ2v) is 6.48. The number of hydrogen-bond acceptors (Lipinski definition) is 3. The Hall–Kier alpha value is -1.88. The van der Waals surface area contributed by atoms with Crippen molar-refractivity contribution in [1.29, 1.82) is 0 Å². The maximum absolute atomic E-state index is 11.9. The van der Waals surface area contributed by atoms with Crippen molar-refractivity contribution < 1.29 is 4.79 Å². The van der Waals surface area contributed by atoms with Gasteiger partial charge in [0.15, 0.2) is 0 Å². The minimum atomic E-state index is -0.0918. The summed E-state index contributed by atoms with van der Waals surface area (Å²) in [6.07, 6.45) is 1.58. The van der Waals surface area contributed by atoms with E-state index < -0.39 is 0 Å². The van der Waals surface area contributed by atoms with Crippen LogP contribution in [0.2, 0.25) is 0 Å². The Morgan fingerprint density at radius 2 is 2.05 bits per heavy atom. The molecule has 2 rings (SSSR count). The van der Waals surface area contributed by atoms with Gasteiger partial charge in [-0.2, -0.15) is 0 Å². The number of pyridine rings is 1. The van der Waals surface area contributed by atoms with E-state index in [2.05, 4.69) is 45.4 Å². The van der Waals surface area contributed by atoms with Crippen LogP contribution in [0.1, 0.15) is 29.8 Å². The lowest BCUT2D eigenvalue weighted by Crippen LogP contribution is -2.27. The largest absolute Gasteiger partial charge is 0.352 e. The summed E-state index contributed by atoms with van der Waals surface area (Å²) in [6, 6.07) is 9.59. The summed E-state index contributed by atoms with van der Waals surface area (Å²) in [6.45, 7) is 6.82. The van der Waals surface area contributed by atoms with Gasteiger partial charge in [-0.15, -0.1) is 0 Å². The van der Waals surface area contributed by atoms with E-state index in [0.29, 0.717) is 23.8 Å². The van der Waals surface area contributed by atoms with Crippen molar-refractivity contribution in [3.05, 3.63) is 52.1 Å². The molecule has 2 N–H and O–H groups in total. The first kappa shape index (κ1) is 16.5. The number of benzene rings is 1. The Morgan fingerprint density at radius 3 is 2.64 bits per heavy atom. The lowest BCUT2D eigenvalue weighted by atomic mass is 10.2. The number of carbonyl (C=O) groups excluding carboxylic acids is 1. The lowest BCUT2D eigenvalue weighted by molar-refractivity contribution is 0.0948. The van der Waals surface area contributed by atoms with Crippen LogP contribution in [0.4, 0.5) is 11.5 Å². The molecule has 0 radical (unpaired) electrons. The maximum Gasteiger partial charge on any atom is 0.252 e. The molecule has 0 atom stereocenters. The number of hydrogen-bond donors (Lipinski definition) is 2. The van der Waals surface area contributed by atoms with Crippen molar-refractivity contribution in [1.82, 2.24) is 10.3 Å². The molecular weight excluding hydrogens is 342 g/mol. The molecule has 1 aromatic carbocycles. The van der Waals surface area contributed by atoms with E-state index in [0.717, 1.165) is 10.2 Å². The third kappa shape index (κ3) is 4.56. The molecule has 1 heterocycles. The quantitative estimate of drug-likeness (QED) is 0.835. The number of nitrogens with one attached hydrogen (secondary N) is 2. The first-order chi connectivity index (χ1) is 10.5.